The normalized spacial score (nSPS) is 12.7. The Kier molecular flexibility index (Phi) is 14.1. The molecule has 42 heavy (non-hydrogen) atoms. The van der Waals surface area contributed by atoms with E-state index in [2.05, 4.69) is 19.7 Å². The lowest BCUT2D eigenvalue weighted by molar-refractivity contribution is -0.140. The van der Waals surface area contributed by atoms with E-state index in [9.17, 15) is 28.8 Å². The zero-order chi connectivity index (χ0) is 32.1. The Morgan fingerprint density at radius 1 is 0.548 bits per heavy atom. The highest BCUT2D eigenvalue weighted by atomic mass is 16.7. The van der Waals surface area contributed by atoms with Crippen LogP contribution in [0.4, 0.5) is 0 Å². The van der Waals surface area contributed by atoms with Gasteiger partial charge in [-0.25, -0.2) is 28.8 Å². The smallest absolute Gasteiger partial charge is 0.403 e. The fourth-order valence-corrected chi connectivity index (χ4v) is 2.78. The molecule has 0 radical (unpaired) electrons. The first-order valence-electron chi connectivity index (χ1n) is 13.1. The summed E-state index contributed by atoms with van der Waals surface area (Å²) in [5.74, 6) is -1.87. The van der Waals surface area contributed by atoms with E-state index in [1.807, 2.05) is 0 Å². The van der Waals surface area contributed by atoms with Gasteiger partial charge in [-0.05, 0) is 41.5 Å². The number of rotatable bonds is 18. The maximum Gasteiger partial charge on any atom is 0.403 e. The summed E-state index contributed by atoms with van der Waals surface area (Å²) < 4.78 is 15.8. The molecule has 0 aliphatic carbocycles. The number of aromatic nitrogens is 3. The molecule has 0 aromatic carbocycles. The van der Waals surface area contributed by atoms with Crippen molar-refractivity contribution in [3.63, 3.8) is 0 Å². The van der Waals surface area contributed by atoms with E-state index in [4.69, 9.17) is 28.7 Å². The average molecular weight is 598 g/mol. The molecule has 0 aliphatic heterocycles. The van der Waals surface area contributed by atoms with E-state index in [-0.39, 0.29) is 70.0 Å². The molecule has 1 rings (SSSR count). The fraction of sp³-hybridized carbons (Fsp3) is 0.556. The molecule has 1 heterocycles. The van der Waals surface area contributed by atoms with E-state index in [1.54, 1.807) is 0 Å². The second-order valence-corrected chi connectivity index (χ2v) is 9.59. The summed E-state index contributed by atoms with van der Waals surface area (Å²) in [6.45, 7) is 19.0. The van der Waals surface area contributed by atoms with Crippen LogP contribution in [-0.4, -0.2) is 70.2 Å². The molecule has 234 valence electrons. The number of carbonyl (C=O) groups excluding carboxylic acids is 3. The number of carbonyl (C=O) groups is 3. The molecule has 0 fully saturated rings. The first-order chi connectivity index (χ1) is 19.6. The van der Waals surface area contributed by atoms with Crippen LogP contribution in [0.1, 0.15) is 60.8 Å². The van der Waals surface area contributed by atoms with Crippen LogP contribution in [0.25, 0.3) is 0 Å². The molecular formula is C27H39N3O12. The third-order valence-electron chi connectivity index (χ3n) is 5.22. The van der Waals surface area contributed by atoms with E-state index in [1.165, 1.54) is 41.5 Å². The van der Waals surface area contributed by atoms with Gasteiger partial charge in [0.2, 0.25) is 0 Å². The lowest BCUT2D eigenvalue weighted by atomic mass is 10.3. The topological polar surface area (TPSA) is 173 Å². The predicted octanol–water partition coefficient (Wildman–Crippen LogP) is 0.151. The Hall–Kier alpha value is -4.56. The summed E-state index contributed by atoms with van der Waals surface area (Å²) in [4.78, 5) is 90.6. The molecule has 0 N–H and O–H groups in total. The first-order valence-corrected chi connectivity index (χ1v) is 13.1. The van der Waals surface area contributed by atoms with Gasteiger partial charge in [-0.1, -0.05) is 33.9 Å². The van der Waals surface area contributed by atoms with Crippen LogP contribution in [0.2, 0.25) is 0 Å². The summed E-state index contributed by atoms with van der Waals surface area (Å²) >= 11 is 0. The quantitative estimate of drug-likeness (QED) is 0.128. The van der Waals surface area contributed by atoms with Crippen molar-refractivity contribution < 1.29 is 43.1 Å². The van der Waals surface area contributed by atoms with E-state index < -0.39 is 53.3 Å². The largest absolute Gasteiger partial charge is 0.462 e. The van der Waals surface area contributed by atoms with Crippen LogP contribution in [-0.2, 0) is 28.6 Å². The van der Waals surface area contributed by atoms with Crippen molar-refractivity contribution in [2.24, 2.45) is 0 Å². The minimum Gasteiger partial charge on any atom is -0.462 e. The zero-order valence-electron chi connectivity index (χ0n) is 24.8. The van der Waals surface area contributed by atoms with Crippen molar-refractivity contribution in [3.05, 3.63) is 67.9 Å². The molecule has 15 heteroatoms. The minimum atomic E-state index is -1.27. The number of ether oxygens (including phenoxy) is 3. The lowest BCUT2D eigenvalue weighted by Gasteiger charge is -2.21. The van der Waals surface area contributed by atoms with Crippen LogP contribution in [0.5, 0.6) is 0 Å². The minimum absolute atomic E-state index is 0.0702. The van der Waals surface area contributed by atoms with Crippen molar-refractivity contribution in [3.8, 4) is 0 Å². The van der Waals surface area contributed by atoms with Gasteiger partial charge in [-0.3, -0.25) is 0 Å². The zero-order valence-corrected chi connectivity index (χ0v) is 24.8. The monoisotopic (exact) mass is 597 g/mol. The van der Waals surface area contributed by atoms with Gasteiger partial charge in [-0.15, -0.1) is 0 Å². The molecule has 3 atom stereocenters. The maximum absolute atomic E-state index is 13.1. The second kappa shape index (κ2) is 16.6. The Balaban J connectivity index is 3.24. The van der Waals surface area contributed by atoms with Gasteiger partial charge in [0.05, 0.1) is 19.8 Å². The number of nitrogens with zero attached hydrogens (tertiary/aromatic N) is 3. The van der Waals surface area contributed by atoms with Crippen LogP contribution in [0, 0.1) is 0 Å². The van der Waals surface area contributed by atoms with Gasteiger partial charge in [0.15, 0.2) is 0 Å². The van der Waals surface area contributed by atoms with Crippen LogP contribution in [0.3, 0.4) is 0 Å². The van der Waals surface area contributed by atoms with Gasteiger partial charge in [0, 0.05) is 36.0 Å². The Morgan fingerprint density at radius 2 is 0.762 bits per heavy atom. The standard InChI is InChI=1S/C27H39N3O12/c1-16(2)22(31)37-13-10-19(7)40-28-25(34)29(41-20(8)11-14-38-23(32)17(3)4)27(36)30(26(28)35)42-21(9)12-15-39-24(33)18(5)6/h19-21H,1,3,5,10-15H2,2,4,6-9H3. The van der Waals surface area contributed by atoms with E-state index in [0.717, 1.165) is 0 Å². The van der Waals surface area contributed by atoms with Gasteiger partial charge in [0.1, 0.15) is 18.3 Å². The highest BCUT2D eigenvalue weighted by Gasteiger charge is 2.24. The summed E-state index contributed by atoms with van der Waals surface area (Å²) in [5, 5.41) is 0. The number of hydrogen-bond acceptors (Lipinski definition) is 12. The molecule has 3 unspecified atom stereocenters. The van der Waals surface area contributed by atoms with E-state index in [0.29, 0.717) is 0 Å². The van der Waals surface area contributed by atoms with Gasteiger partial charge < -0.3 is 28.7 Å². The van der Waals surface area contributed by atoms with Gasteiger partial charge >= 0.3 is 35.0 Å². The lowest BCUT2D eigenvalue weighted by Crippen LogP contribution is -2.61. The van der Waals surface area contributed by atoms with Crippen LogP contribution in [0.15, 0.2) is 50.8 Å². The van der Waals surface area contributed by atoms with Crippen molar-refractivity contribution in [2.75, 3.05) is 19.8 Å². The van der Waals surface area contributed by atoms with Crippen LogP contribution < -0.4 is 31.6 Å². The highest BCUT2D eigenvalue weighted by molar-refractivity contribution is 5.87. The molecule has 0 aliphatic rings. The van der Waals surface area contributed by atoms with E-state index >= 15 is 0 Å². The number of esters is 3. The summed E-state index contributed by atoms with van der Waals surface area (Å²) in [6.07, 6.45) is -2.36. The number of hydrogen-bond donors (Lipinski definition) is 0. The Morgan fingerprint density at radius 3 is 0.952 bits per heavy atom. The average Bonchev–Trinajstić information content (AvgIpc) is 2.91. The van der Waals surface area contributed by atoms with Crippen molar-refractivity contribution >= 4 is 17.9 Å². The van der Waals surface area contributed by atoms with Crippen molar-refractivity contribution in [2.45, 2.75) is 79.1 Å². The molecule has 0 saturated heterocycles. The molecule has 0 bridgehead atoms. The summed E-state index contributed by atoms with van der Waals surface area (Å²) in [7, 11) is 0. The Bertz CT molecular complexity index is 1160. The van der Waals surface area contributed by atoms with Gasteiger partial charge in [-0.2, -0.15) is 0 Å². The predicted molar refractivity (Wildman–Crippen MR) is 149 cm³/mol. The van der Waals surface area contributed by atoms with Crippen molar-refractivity contribution in [1.29, 1.82) is 0 Å². The summed E-state index contributed by atoms with van der Waals surface area (Å²) in [5.41, 5.74) is -3.25. The molecule has 1 aromatic heterocycles. The molecule has 15 nitrogen and oxygen atoms in total. The third-order valence-corrected chi connectivity index (χ3v) is 5.22. The third kappa shape index (κ3) is 11.1. The Labute approximate surface area is 242 Å². The molecule has 0 saturated carbocycles. The molecule has 1 aromatic rings. The first kappa shape index (κ1) is 35.5. The highest BCUT2D eigenvalue weighted by Crippen LogP contribution is 2.00. The fourth-order valence-electron chi connectivity index (χ4n) is 2.78. The molecular weight excluding hydrogens is 558 g/mol. The molecule has 0 spiro atoms. The SMILES string of the molecule is C=C(C)C(=O)OCCC(C)On1c(=O)n(OC(C)CCOC(=O)C(=C)C)c(=O)n(OC(C)CCOC(=O)C(=C)C)c1=O. The summed E-state index contributed by atoms with van der Waals surface area (Å²) in [6, 6.07) is 0. The maximum atomic E-state index is 13.1. The van der Waals surface area contributed by atoms with Crippen molar-refractivity contribution in [1.82, 2.24) is 14.2 Å². The molecule has 0 amide bonds. The van der Waals surface area contributed by atoms with Gasteiger partial charge in [0.25, 0.3) is 0 Å². The second-order valence-electron chi connectivity index (χ2n) is 9.59. The van der Waals surface area contributed by atoms with Crippen LogP contribution >= 0.6 is 0 Å².